The van der Waals surface area contributed by atoms with E-state index in [-0.39, 0.29) is 5.82 Å². The molecule has 1 aromatic carbocycles. The van der Waals surface area contributed by atoms with Gasteiger partial charge in [-0.2, -0.15) is 5.10 Å². The highest BCUT2D eigenvalue weighted by molar-refractivity contribution is 6.31. The topological polar surface area (TPSA) is 29.9 Å². The van der Waals surface area contributed by atoms with Gasteiger partial charge < -0.3 is 5.32 Å². The van der Waals surface area contributed by atoms with Crippen molar-refractivity contribution in [1.82, 2.24) is 15.1 Å². The normalized spacial score (nSPS) is 10.7. The summed E-state index contributed by atoms with van der Waals surface area (Å²) in [6.45, 7) is 1.89. The number of aromatic nitrogens is 2. The Kier molecular flexibility index (Phi) is 4.12. The maximum absolute atomic E-state index is 13.4. The molecule has 0 bridgehead atoms. The van der Waals surface area contributed by atoms with Crippen molar-refractivity contribution in [3.05, 3.63) is 53.1 Å². The minimum absolute atomic E-state index is 0.274. The monoisotopic (exact) mass is 253 g/mol. The number of nitrogens with zero attached hydrogens (tertiary/aromatic N) is 2. The van der Waals surface area contributed by atoms with Crippen LogP contribution >= 0.6 is 11.6 Å². The second kappa shape index (κ2) is 5.80. The fraction of sp³-hybridized carbons (Fsp3) is 0.250. The summed E-state index contributed by atoms with van der Waals surface area (Å²) in [6.07, 6.45) is 3.62. The lowest BCUT2D eigenvalue weighted by atomic mass is 10.2. The van der Waals surface area contributed by atoms with E-state index in [1.165, 1.54) is 6.07 Å². The average molecular weight is 254 g/mol. The van der Waals surface area contributed by atoms with Gasteiger partial charge >= 0.3 is 0 Å². The summed E-state index contributed by atoms with van der Waals surface area (Å²) >= 11 is 5.91. The first-order valence-electron chi connectivity index (χ1n) is 5.38. The first kappa shape index (κ1) is 12.1. The molecule has 2 rings (SSSR count). The van der Waals surface area contributed by atoms with E-state index in [1.807, 2.05) is 16.9 Å². The van der Waals surface area contributed by atoms with Crippen LogP contribution in [0.3, 0.4) is 0 Å². The molecule has 1 aromatic heterocycles. The van der Waals surface area contributed by atoms with Crippen LogP contribution in [0.15, 0.2) is 36.7 Å². The summed E-state index contributed by atoms with van der Waals surface area (Å²) < 4.78 is 15.2. The molecule has 0 saturated heterocycles. The highest BCUT2D eigenvalue weighted by Gasteiger charge is 2.05. The molecule has 1 heterocycles. The van der Waals surface area contributed by atoms with Crippen LogP contribution in [0.25, 0.3) is 0 Å². The SMILES string of the molecule is Fc1cccc(Cl)c1CNCCn1cccn1. The summed E-state index contributed by atoms with van der Waals surface area (Å²) in [7, 11) is 0. The molecule has 2 aromatic rings. The van der Waals surface area contributed by atoms with E-state index in [9.17, 15) is 4.39 Å². The van der Waals surface area contributed by atoms with Crippen LogP contribution in [0.1, 0.15) is 5.56 Å². The van der Waals surface area contributed by atoms with Gasteiger partial charge in [-0.3, -0.25) is 4.68 Å². The zero-order valence-corrected chi connectivity index (χ0v) is 9.99. The van der Waals surface area contributed by atoms with Gasteiger partial charge in [-0.15, -0.1) is 0 Å². The quantitative estimate of drug-likeness (QED) is 0.830. The maximum atomic E-state index is 13.4. The molecular weight excluding hydrogens is 241 g/mol. The van der Waals surface area contributed by atoms with Gasteiger partial charge in [0.1, 0.15) is 5.82 Å². The summed E-state index contributed by atoms with van der Waals surface area (Å²) in [5.74, 6) is -0.274. The smallest absolute Gasteiger partial charge is 0.129 e. The van der Waals surface area contributed by atoms with E-state index in [0.717, 1.165) is 6.54 Å². The predicted octanol–water partition coefficient (Wildman–Crippen LogP) is 2.47. The first-order valence-corrected chi connectivity index (χ1v) is 5.76. The molecular formula is C12H13ClFN3. The van der Waals surface area contributed by atoms with E-state index < -0.39 is 0 Å². The lowest BCUT2D eigenvalue weighted by molar-refractivity contribution is 0.540. The Hall–Kier alpha value is -1.39. The third-order valence-electron chi connectivity index (χ3n) is 2.44. The summed E-state index contributed by atoms with van der Waals surface area (Å²) in [5, 5.41) is 7.66. The number of nitrogens with one attached hydrogen (secondary N) is 1. The Balaban J connectivity index is 1.82. The average Bonchev–Trinajstić information content (AvgIpc) is 2.80. The summed E-state index contributed by atoms with van der Waals surface area (Å²) in [5.41, 5.74) is 0.509. The number of benzene rings is 1. The van der Waals surface area contributed by atoms with Crippen molar-refractivity contribution in [1.29, 1.82) is 0 Å². The lowest BCUT2D eigenvalue weighted by Crippen LogP contribution is -2.20. The van der Waals surface area contributed by atoms with Crippen molar-refractivity contribution in [2.75, 3.05) is 6.54 Å². The Morgan fingerprint density at radius 2 is 2.24 bits per heavy atom. The molecule has 3 nitrogen and oxygen atoms in total. The van der Waals surface area contributed by atoms with Gasteiger partial charge in [0.05, 0.1) is 6.54 Å². The molecule has 0 aliphatic carbocycles. The second-order valence-electron chi connectivity index (χ2n) is 3.65. The van der Waals surface area contributed by atoms with Crippen LogP contribution in [-0.4, -0.2) is 16.3 Å². The van der Waals surface area contributed by atoms with Crippen LogP contribution in [-0.2, 0) is 13.1 Å². The lowest BCUT2D eigenvalue weighted by Gasteiger charge is -2.07. The number of rotatable bonds is 5. The molecule has 17 heavy (non-hydrogen) atoms. The minimum Gasteiger partial charge on any atom is -0.311 e. The van der Waals surface area contributed by atoms with Crippen molar-refractivity contribution in [3.63, 3.8) is 0 Å². The molecule has 0 atom stereocenters. The van der Waals surface area contributed by atoms with Crippen LogP contribution in [0, 0.1) is 5.82 Å². The third kappa shape index (κ3) is 3.28. The molecule has 90 valence electrons. The van der Waals surface area contributed by atoms with Crippen LogP contribution in [0.2, 0.25) is 5.02 Å². The predicted molar refractivity (Wildman–Crippen MR) is 65.3 cm³/mol. The summed E-state index contributed by atoms with van der Waals surface area (Å²) in [6, 6.07) is 6.57. The molecule has 0 unspecified atom stereocenters. The van der Waals surface area contributed by atoms with Crippen molar-refractivity contribution in [3.8, 4) is 0 Å². The molecule has 5 heteroatoms. The van der Waals surface area contributed by atoms with Gasteiger partial charge in [0, 0.05) is 36.1 Å². The van der Waals surface area contributed by atoms with Crippen LogP contribution in [0.4, 0.5) is 4.39 Å². The second-order valence-corrected chi connectivity index (χ2v) is 4.05. The molecule has 1 N–H and O–H groups in total. The van der Waals surface area contributed by atoms with Crippen molar-refractivity contribution >= 4 is 11.6 Å². The Bertz CT molecular complexity index is 450. The van der Waals surface area contributed by atoms with E-state index >= 15 is 0 Å². The standard InChI is InChI=1S/C12H13ClFN3/c13-11-3-1-4-12(14)10(11)9-15-6-8-17-7-2-5-16-17/h1-5,7,15H,6,8-9H2. The molecule has 0 fully saturated rings. The zero-order valence-electron chi connectivity index (χ0n) is 9.24. The van der Waals surface area contributed by atoms with Gasteiger partial charge in [-0.05, 0) is 18.2 Å². The minimum atomic E-state index is -0.274. The third-order valence-corrected chi connectivity index (χ3v) is 2.79. The number of hydrogen-bond donors (Lipinski definition) is 1. The van der Waals surface area contributed by atoms with Gasteiger partial charge in [0.25, 0.3) is 0 Å². The maximum Gasteiger partial charge on any atom is 0.129 e. The van der Waals surface area contributed by atoms with Crippen LogP contribution < -0.4 is 5.32 Å². The van der Waals surface area contributed by atoms with E-state index in [1.54, 1.807) is 18.3 Å². The Morgan fingerprint density at radius 3 is 2.94 bits per heavy atom. The highest BCUT2D eigenvalue weighted by atomic mass is 35.5. The van der Waals surface area contributed by atoms with Crippen LogP contribution in [0.5, 0.6) is 0 Å². The first-order chi connectivity index (χ1) is 8.27. The van der Waals surface area contributed by atoms with Gasteiger partial charge in [-0.25, -0.2) is 4.39 Å². The van der Waals surface area contributed by atoms with E-state index in [4.69, 9.17) is 11.6 Å². The Morgan fingerprint density at radius 1 is 1.35 bits per heavy atom. The molecule has 0 aliphatic heterocycles. The zero-order chi connectivity index (χ0) is 12.1. The van der Waals surface area contributed by atoms with Gasteiger partial charge in [0.15, 0.2) is 0 Å². The molecule has 0 spiro atoms. The molecule has 0 amide bonds. The van der Waals surface area contributed by atoms with Crippen molar-refractivity contribution in [2.24, 2.45) is 0 Å². The van der Waals surface area contributed by atoms with E-state index in [0.29, 0.717) is 23.7 Å². The van der Waals surface area contributed by atoms with E-state index in [2.05, 4.69) is 10.4 Å². The largest absolute Gasteiger partial charge is 0.311 e. The highest BCUT2D eigenvalue weighted by Crippen LogP contribution is 2.18. The van der Waals surface area contributed by atoms with Crippen molar-refractivity contribution < 1.29 is 4.39 Å². The molecule has 0 saturated carbocycles. The number of halogens is 2. The van der Waals surface area contributed by atoms with Gasteiger partial charge in [-0.1, -0.05) is 17.7 Å². The number of hydrogen-bond acceptors (Lipinski definition) is 2. The molecule has 0 aliphatic rings. The Labute approximate surface area is 104 Å². The molecule has 0 radical (unpaired) electrons. The van der Waals surface area contributed by atoms with Crippen molar-refractivity contribution in [2.45, 2.75) is 13.1 Å². The summed E-state index contributed by atoms with van der Waals surface area (Å²) in [4.78, 5) is 0. The fourth-order valence-corrected chi connectivity index (χ4v) is 1.77. The van der Waals surface area contributed by atoms with Gasteiger partial charge in [0.2, 0.25) is 0 Å². The fourth-order valence-electron chi connectivity index (χ4n) is 1.54.